The fraction of sp³-hybridized carbons (Fsp3) is 0.538. The number of rotatable bonds is 3. The highest BCUT2D eigenvalue weighted by Crippen LogP contribution is 2.41. The zero-order valence-corrected chi connectivity index (χ0v) is 19.7. The maximum atomic E-state index is 13.7. The lowest BCUT2D eigenvalue weighted by Gasteiger charge is -2.34. The fourth-order valence-corrected chi connectivity index (χ4v) is 5.75. The summed E-state index contributed by atoms with van der Waals surface area (Å²) in [6.45, 7) is 4.57. The SMILES string of the molecule is Cc1cc(C(=O)N2C[C@@H](c3ccc(F)cc3)[C@@]3(CCCCC(=O)N3)C2)nc(N2CCCCC2)n1. The molecule has 34 heavy (non-hydrogen) atoms. The third kappa shape index (κ3) is 4.50. The number of carbonyl (C=O) groups excluding carboxylic acids is 2. The van der Waals surface area contributed by atoms with E-state index in [1.54, 1.807) is 23.1 Å². The van der Waals surface area contributed by atoms with Crippen LogP contribution in [0.5, 0.6) is 0 Å². The molecule has 0 bridgehead atoms. The number of benzene rings is 1. The van der Waals surface area contributed by atoms with E-state index in [1.807, 2.05) is 6.92 Å². The number of halogens is 1. The van der Waals surface area contributed by atoms with E-state index in [2.05, 4.69) is 20.2 Å². The predicted octanol–water partition coefficient (Wildman–Crippen LogP) is 3.58. The third-order valence-electron chi connectivity index (χ3n) is 7.47. The molecule has 0 unspecified atom stereocenters. The van der Waals surface area contributed by atoms with Gasteiger partial charge in [-0.15, -0.1) is 0 Å². The molecule has 1 aromatic carbocycles. The zero-order chi connectivity index (χ0) is 23.7. The summed E-state index contributed by atoms with van der Waals surface area (Å²) in [7, 11) is 0. The Hall–Kier alpha value is -3.03. The van der Waals surface area contributed by atoms with Gasteiger partial charge in [-0.3, -0.25) is 9.59 Å². The first kappa shape index (κ1) is 22.7. The third-order valence-corrected chi connectivity index (χ3v) is 7.47. The lowest BCUT2D eigenvalue weighted by molar-refractivity contribution is -0.122. The Morgan fingerprint density at radius 2 is 1.85 bits per heavy atom. The van der Waals surface area contributed by atoms with E-state index in [0.29, 0.717) is 31.2 Å². The first-order chi connectivity index (χ1) is 16.4. The van der Waals surface area contributed by atoms with Gasteiger partial charge in [-0.25, -0.2) is 14.4 Å². The number of nitrogens with zero attached hydrogens (tertiary/aromatic N) is 4. The Morgan fingerprint density at radius 3 is 2.62 bits per heavy atom. The molecule has 3 fully saturated rings. The highest BCUT2D eigenvalue weighted by Gasteiger charge is 2.50. The van der Waals surface area contributed by atoms with Gasteiger partial charge in [-0.1, -0.05) is 18.6 Å². The Balaban J connectivity index is 1.46. The van der Waals surface area contributed by atoms with Gasteiger partial charge in [0, 0.05) is 44.2 Å². The molecule has 2 atom stereocenters. The highest BCUT2D eigenvalue weighted by molar-refractivity contribution is 5.93. The quantitative estimate of drug-likeness (QED) is 0.750. The van der Waals surface area contributed by atoms with Gasteiger partial charge in [0.2, 0.25) is 11.9 Å². The number of nitrogens with one attached hydrogen (secondary N) is 1. The van der Waals surface area contributed by atoms with Gasteiger partial charge in [0.15, 0.2) is 0 Å². The molecule has 0 radical (unpaired) electrons. The van der Waals surface area contributed by atoms with Crippen LogP contribution in [0.15, 0.2) is 30.3 Å². The largest absolute Gasteiger partial charge is 0.348 e. The summed E-state index contributed by atoms with van der Waals surface area (Å²) < 4.78 is 13.6. The molecule has 7 nitrogen and oxygen atoms in total. The zero-order valence-electron chi connectivity index (χ0n) is 19.7. The lowest BCUT2D eigenvalue weighted by Crippen LogP contribution is -2.52. The molecule has 4 heterocycles. The van der Waals surface area contributed by atoms with Gasteiger partial charge >= 0.3 is 0 Å². The topological polar surface area (TPSA) is 78.4 Å². The molecule has 2 aromatic rings. The van der Waals surface area contributed by atoms with Gasteiger partial charge in [0.25, 0.3) is 5.91 Å². The van der Waals surface area contributed by atoms with E-state index in [4.69, 9.17) is 0 Å². The van der Waals surface area contributed by atoms with E-state index in [1.165, 1.54) is 18.6 Å². The fourth-order valence-electron chi connectivity index (χ4n) is 5.75. The number of aryl methyl sites for hydroxylation is 1. The molecule has 1 aromatic heterocycles. The molecular formula is C26H32FN5O2. The summed E-state index contributed by atoms with van der Waals surface area (Å²) in [6, 6.07) is 8.20. The maximum absolute atomic E-state index is 13.7. The first-order valence-corrected chi connectivity index (χ1v) is 12.4. The van der Waals surface area contributed by atoms with Crippen molar-refractivity contribution in [3.05, 3.63) is 53.1 Å². The summed E-state index contributed by atoms with van der Waals surface area (Å²) in [5, 5.41) is 3.26. The minimum atomic E-state index is -0.557. The number of amides is 2. The van der Waals surface area contributed by atoms with Crippen LogP contribution in [0.25, 0.3) is 0 Å². The van der Waals surface area contributed by atoms with Crippen molar-refractivity contribution < 1.29 is 14.0 Å². The Kier molecular flexibility index (Phi) is 6.23. The molecule has 2 amide bonds. The molecule has 5 rings (SSSR count). The molecule has 180 valence electrons. The average Bonchev–Trinajstić information content (AvgIpc) is 3.09. The molecule has 8 heteroatoms. The van der Waals surface area contributed by atoms with Crippen LogP contribution >= 0.6 is 0 Å². The summed E-state index contributed by atoms with van der Waals surface area (Å²) in [6.07, 6.45) is 6.44. The number of piperidine rings is 1. The molecular weight excluding hydrogens is 433 g/mol. The average molecular weight is 466 g/mol. The van der Waals surface area contributed by atoms with Crippen molar-refractivity contribution in [2.24, 2.45) is 0 Å². The van der Waals surface area contributed by atoms with Gasteiger partial charge in [-0.05, 0) is 62.8 Å². The smallest absolute Gasteiger partial charge is 0.272 e. The minimum Gasteiger partial charge on any atom is -0.348 e. The van der Waals surface area contributed by atoms with Crippen molar-refractivity contribution in [1.82, 2.24) is 20.2 Å². The van der Waals surface area contributed by atoms with E-state index < -0.39 is 5.54 Å². The monoisotopic (exact) mass is 465 g/mol. The van der Waals surface area contributed by atoms with Gasteiger partial charge in [-0.2, -0.15) is 0 Å². The standard InChI is InChI=1S/C26H32FN5O2/c1-18-15-22(29-25(28-18)31-13-5-2-6-14-31)24(34)32-16-21(19-8-10-20(27)11-9-19)26(17-32)12-4-3-7-23(33)30-26/h8-11,15,21H,2-7,12-14,16-17H2,1H3,(H,30,33)/t21-,26+/m0/s1. The van der Waals surface area contributed by atoms with Gasteiger partial charge < -0.3 is 15.1 Å². The molecule has 1 N–H and O–H groups in total. The van der Waals surface area contributed by atoms with Crippen LogP contribution in [0.2, 0.25) is 0 Å². The van der Waals surface area contributed by atoms with E-state index >= 15 is 0 Å². The van der Waals surface area contributed by atoms with Gasteiger partial charge in [0.05, 0.1) is 5.54 Å². The van der Waals surface area contributed by atoms with E-state index in [9.17, 15) is 14.0 Å². The second-order valence-corrected chi connectivity index (χ2v) is 9.94. The normalized spacial score (nSPS) is 25.4. The van der Waals surface area contributed by atoms with Crippen LogP contribution in [0.3, 0.4) is 0 Å². The molecule has 0 saturated carbocycles. The molecule has 1 spiro atoms. The van der Waals surface area contributed by atoms with Crippen molar-refractivity contribution in [3.8, 4) is 0 Å². The van der Waals surface area contributed by atoms with Crippen LogP contribution < -0.4 is 10.2 Å². The van der Waals surface area contributed by atoms with Crippen LogP contribution in [0.1, 0.15) is 72.6 Å². The number of hydrogen-bond acceptors (Lipinski definition) is 5. The second kappa shape index (κ2) is 9.31. The maximum Gasteiger partial charge on any atom is 0.272 e. The van der Waals surface area contributed by atoms with E-state index in [-0.39, 0.29) is 23.5 Å². The van der Waals surface area contributed by atoms with E-state index in [0.717, 1.165) is 56.5 Å². The Morgan fingerprint density at radius 1 is 1.09 bits per heavy atom. The minimum absolute atomic E-state index is 0.0178. The Bertz CT molecular complexity index is 1070. The van der Waals surface area contributed by atoms with Crippen molar-refractivity contribution in [3.63, 3.8) is 0 Å². The number of aromatic nitrogens is 2. The van der Waals surface area contributed by atoms with Crippen molar-refractivity contribution in [2.75, 3.05) is 31.1 Å². The number of carbonyl (C=O) groups is 2. The summed E-state index contributed by atoms with van der Waals surface area (Å²) in [4.78, 5) is 39.5. The second-order valence-electron chi connectivity index (χ2n) is 9.94. The van der Waals surface area contributed by atoms with Crippen LogP contribution in [0.4, 0.5) is 10.3 Å². The highest BCUT2D eigenvalue weighted by atomic mass is 19.1. The summed E-state index contributed by atoms with van der Waals surface area (Å²) in [5.41, 5.74) is 1.54. The lowest BCUT2D eigenvalue weighted by atomic mass is 9.79. The predicted molar refractivity (Wildman–Crippen MR) is 127 cm³/mol. The van der Waals surface area contributed by atoms with Gasteiger partial charge in [0.1, 0.15) is 11.5 Å². The molecule has 3 aliphatic heterocycles. The molecule has 3 saturated heterocycles. The Labute approximate surface area is 199 Å². The molecule has 0 aliphatic carbocycles. The van der Waals surface area contributed by atoms with Crippen molar-refractivity contribution in [1.29, 1.82) is 0 Å². The number of likely N-dealkylation sites (tertiary alicyclic amines) is 1. The van der Waals surface area contributed by atoms with Crippen LogP contribution in [-0.4, -0.2) is 58.4 Å². The number of hydrogen-bond donors (Lipinski definition) is 1. The van der Waals surface area contributed by atoms with Crippen LogP contribution in [0, 0.1) is 12.7 Å². The summed E-state index contributed by atoms with van der Waals surface area (Å²) >= 11 is 0. The number of anilines is 1. The summed E-state index contributed by atoms with van der Waals surface area (Å²) in [5.74, 6) is 0.0872. The first-order valence-electron chi connectivity index (χ1n) is 12.4. The molecule has 3 aliphatic rings. The van der Waals surface area contributed by atoms with Crippen LogP contribution in [-0.2, 0) is 4.79 Å². The van der Waals surface area contributed by atoms with Crippen molar-refractivity contribution >= 4 is 17.8 Å². The van der Waals surface area contributed by atoms with Crippen molar-refractivity contribution in [2.45, 2.75) is 63.3 Å².